The van der Waals surface area contributed by atoms with E-state index in [2.05, 4.69) is 37.1 Å². The van der Waals surface area contributed by atoms with Crippen LogP contribution in [0.2, 0.25) is 0 Å². The predicted molar refractivity (Wildman–Crippen MR) is 178 cm³/mol. The number of carbonyl (C=O) groups excluding carboxylic acids is 1. The molecule has 7 rings (SSSR count). The van der Waals surface area contributed by atoms with E-state index in [0.717, 1.165) is 68.4 Å². The highest BCUT2D eigenvalue weighted by atomic mass is 16.5. The molecule has 2 amide bonds. The molecule has 5 heterocycles. The van der Waals surface area contributed by atoms with Crippen molar-refractivity contribution in [2.75, 3.05) is 42.0 Å². The van der Waals surface area contributed by atoms with E-state index in [9.17, 15) is 10.1 Å². The fourth-order valence-corrected chi connectivity index (χ4v) is 6.33. The fourth-order valence-electron chi connectivity index (χ4n) is 6.33. The number of carbonyl (C=O) groups is 1. The second-order valence-electron chi connectivity index (χ2n) is 12.4. The van der Waals surface area contributed by atoms with E-state index >= 15 is 0 Å². The molecule has 1 aliphatic carbocycles. The van der Waals surface area contributed by atoms with E-state index in [1.807, 2.05) is 47.4 Å². The van der Waals surface area contributed by atoms with Gasteiger partial charge in [0, 0.05) is 61.6 Å². The van der Waals surface area contributed by atoms with Gasteiger partial charge < -0.3 is 25.4 Å². The molecule has 2 saturated heterocycles. The molecule has 0 atom stereocenters. The van der Waals surface area contributed by atoms with Crippen molar-refractivity contribution in [2.45, 2.75) is 69.2 Å². The number of anilines is 3. The fraction of sp³-hybridized carbons (Fsp3) is 0.441. The Bertz CT molecular complexity index is 1710. The van der Waals surface area contributed by atoms with Crippen molar-refractivity contribution in [2.24, 2.45) is 0 Å². The number of amides is 2. The van der Waals surface area contributed by atoms with Gasteiger partial charge in [0.2, 0.25) is 11.9 Å². The summed E-state index contributed by atoms with van der Waals surface area (Å²) in [4.78, 5) is 33.8. The van der Waals surface area contributed by atoms with Gasteiger partial charge in [-0.25, -0.2) is 19.7 Å². The van der Waals surface area contributed by atoms with E-state index < -0.39 is 0 Å². The van der Waals surface area contributed by atoms with Crippen LogP contribution in [0.15, 0.2) is 61.3 Å². The summed E-state index contributed by atoms with van der Waals surface area (Å²) >= 11 is 0. The number of benzene rings is 1. The highest BCUT2D eigenvalue weighted by molar-refractivity contribution is 5.90. The van der Waals surface area contributed by atoms with Crippen molar-refractivity contribution in [3.63, 3.8) is 0 Å². The van der Waals surface area contributed by atoms with Gasteiger partial charge in [0.15, 0.2) is 0 Å². The molecule has 3 N–H and O–H groups in total. The Morgan fingerprint density at radius 2 is 1.67 bits per heavy atom. The highest BCUT2D eigenvalue weighted by Crippen LogP contribution is 2.29. The van der Waals surface area contributed by atoms with Crippen LogP contribution in [-0.2, 0) is 16.0 Å². The van der Waals surface area contributed by atoms with Crippen molar-refractivity contribution in [3.05, 3.63) is 72.4 Å². The summed E-state index contributed by atoms with van der Waals surface area (Å²) in [7, 11) is 0. The summed E-state index contributed by atoms with van der Waals surface area (Å²) in [6.07, 6.45) is 13.9. The minimum atomic E-state index is -0.235. The first-order chi connectivity index (χ1) is 23.6. The zero-order valence-electron chi connectivity index (χ0n) is 26.7. The molecule has 48 heavy (non-hydrogen) atoms. The Morgan fingerprint density at radius 1 is 0.896 bits per heavy atom. The van der Waals surface area contributed by atoms with Crippen LogP contribution < -0.4 is 20.9 Å². The summed E-state index contributed by atoms with van der Waals surface area (Å²) in [5, 5.41) is 23.9. The minimum Gasteiger partial charge on any atom is -0.381 e. The van der Waals surface area contributed by atoms with Crippen LogP contribution >= 0.6 is 0 Å². The third kappa shape index (κ3) is 7.37. The van der Waals surface area contributed by atoms with Gasteiger partial charge in [-0.15, -0.1) is 0 Å². The lowest BCUT2D eigenvalue weighted by atomic mass is 9.90. The van der Waals surface area contributed by atoms with Gasteiger partial charge in [-0.3, -0.25) is 9.58 Å². The maximum atomic E-state index is 13.8. The van der Waals surface area contributed by atoms with Crippen LogP contribution in [0.1, 0.15) is 55.7 Å². The van der Waals surface area contributed by atoms with Gasteiger partial charge in [0.1, 0.15) is 17.5 Å². The molecular weight excluding hydrogens is 610 g/mol. The normalized spacial score (nSPS) is 19.9. The van der Waals surface area contributed by atoms with Gasteiger partial charge in [-0.1, -0.05) is 30.3 Å². The number of urea groups is 1. The average molecular weight is 650 g/mol. The van der Waals surface area contributed by atoms with Gasteiger partial charge in [0.05, 0.1) is 37.7 Å². The van der Waals surface area contributed by atoms with Gasteiger partial charge in [0.25, 0.3) is 0 Å². The molecule has 248 valence electrons. The lowest BCUT2D eigenvalue weighted by Crippen LogP contribution is -2.49. The Labute approximate surface area is 278 Å². The van der Waals surface area contributed by atoms with E-state index in [-0.39, 0.29) is 24.2 Å². The van der Waals surface area contributed by atoms with Crippen molar-refractivity contribution >= 4 is 23.7 Å². The molecule has 3 fully saturated rings. The smallest absolute Gasteiger partial charge is 0.324 e. The molecule has 4 aromatic rings. The van der Waals surface area contributed by atoms with Gasteiger partial charge in [-0.2, -0.15) is 15.3 Å². The zero-order chi connectivity index (χ0) is 32.7. The topological polar surface area (TPSA) is 168 Å². The highest BCUT2D eigenvalue weighted by Gasteiger charge is 2.32. The number of hydrogen-bond acceptors (Lipinski definition) is 11. The Balaban J connectivity index is 1.04. The second-order valence-corrected chi connectivity index (χ2v) is 12.4. The largest absolute Gasteiger partial charge is 0.381 e. The molecule has 14 heteroatoms. The number of nitriles is 1. The summed E-state index contributed by atoms with van der Waals surface area (Å²) < 4.78 is 12.7. The molecule has 0 bridgehead atoms. The number of ether oxygens (including phenoxy) is 2. The van der Waals surface area contributed by atoms with E-state index in [1.165, 1.54) is 0 Å². The molecule has 2 aliphatic heterocycles. The number of nitrogens with one attached hydrogen (secondary N) is 3. The molecule has 0 radical (unpaired) electrons. The van der Waals surface area contributed by atoms with Crippen LogP contribution in [0.5, 0.6) is 0 Å². The molecule has 3 aliphatic rings. The quantitative estimate of drug-likeness (QED) is 0.224. The Hall–Kier alpha value is -5.13. The van der Waals surface area contributed by atoms with Gasteiger partial charge >= 0.3 is 6.03 Å². The van der Waals surface area contributed by atoms with E-state index in [4.69, 9.17) is 19.4 Å². The maximum Gasteiger partial charge on any atom is 0.324 e. The Kier molecular flexibility index (Phi) is 9.67. The predicted octanol–water partition coefficient (Wildman–Crippen LogP) is 4.30. The van der Waals surface area contributed by atoms with Crippen LogP contribution in [0, 0.1) is 11.3 Å². The van der Waals surface area contributed by atoms with Crippen molar-refractivity contribution < 1.29 is 14.3 Å². The summed E-state index contributed by atoms with van der Waals surface area (Å²) in [5.74, 6) is 1.34. The summed E-state index contributed by atoms with van der Waals surface area (Å²) in [6.45, 7) is 3.07. The third-order valence-electron chi connectivity index (χ3n) is 9.14. The molecule has 1 saturated carbocycles. The molecule has 1 aromatic carbocycles. The number of aromatic nitrogens is 6. The lowest BCUT2D eigenvalue weighted by molar-refractivity contribution is 0.0209. The van der Waals surface area contributed by atoms with Crippen LogP contribution in [0.3, 0.4) is 0 Å². The summed E-state index contributed by atoms with van der Waals surface area (Å²) in [5.41, 5.74) is 3.19. The maximum absolute atomic E-state index is 13.8. The van der Waals surface area contributed by atoms with Crippen LogP contribution in [0.4, 0.5) is 22.5 Å². The molecule has 0 unspecified atom stereocenters. The molecule has 14 nitrogen and oxygen atoms in total. The van der Waals surface area contributed by atoms with Crippen LogP contribution in [-0.4, -0.2) is 80.3 Å². The van der Waals surface area contributed by atoms with E-state index in [1.54, 1.807) is 23.5 Å². The van der Waals surface area contributed by atoms with Crippen LogP contribution in [0.25, 0.3) is 11.1 Å². The minimum absolute atomic E-state index is 0.0985. The number of hydrogen-bond donors (Lipinski definition) is 3. The number of nitrogens with zero attached hydrogens (tertiary/aromatic N) is 8. The first-order valence-electron chi connectivity index (χ1n) is 16.6. The second kappa shape index (κ2) is 14.7. The van der Waals surface area contributed by atoms with Crippen molar-refractivity contribution in [3.8, 4) is 17.2 Å². The monoisotopic (exact) mass is 649 g/mol. The first-order valence-corrected chi connectivity index (χ1v) is 16.6. The molecule has 3 aromatic heterocycles. The molecular formula is C34H39N11O3. The standard InChI is InChI=1S/C34H39N11O3/c35-14-24-16-36-32(43-31(24)41-28-21-48-22-28)42-27-6-8-30(9-7-27)45(34(46)39-15-23-4-2-1-3-5-23)33-37-17-25(18-38-33)26-19-40-44(20-26)29-10-12-47-13-11-29/h1-5,16-20,27-30H,6-13,15,21-22H2,(H,39,46)(H2,36,41,42,43). The SMILES string of the molecule is N#Cc1cnc(NC2CCC(N(C(=O)NCc3ccccc3)c3ncc(-c4cnn(C5CCOCC5)c4)cn3)CC2)nc1NC1COC1. The lowest BCUT2D eigenvalue weighted by Gasteiger charge is -2.36. The average Bonchev–Trinajstić information content (AvgIpc) is 3.62. The first kappa shape index (κ1) is 31.5. The third-order valence-corrected chi connectivity index (χ3v) is 9.14. The Morgan fingerprint density at radius 3 is 2.38 bits per heavy atom. The number of rotatable bonds is 10. The zero-order valence-corrected chi connectivity index (χ0v) is 26.7. The molecule has 0 spiro atoms. The van der Waals surface area contributed by atoms with E-state index in [0.29, 0.717) is 49.1 Å². The van der Waals surface area contributed by atoms with Crippen molar-refractivity contribution in [1.82, 2.24) is 35.0 Å². The summed E-state index contributed by atoms with van der Waals surface area (Å²) in [6, 6.07) is 12.2. The van der Waals surface area contributed by atoms with Crippen molar-refractivity contribution in [1.29, 1.82) is 5.26 Å². The van der Waals surface area contributed by atoms with Gasteiger partial charge in [-0.05, 0) is 44.1 Å².